The van der Waals surface area contributed by atoms with Crippen molar-refractivity contribution < 1.29 is 0 Å². The molecule has 0 spiro atoms. The van der Waals surface area contributed by atoms with Crippen LogP contribution in [0.2, 0.25) is 0 Å². The highest BCUT2D eigenvalue weighted by Crippen LogP contribution is 2.23. The zero-order valence-electron chi connectivity index (χ0n) is 13.5. The van der Waals surface area contributed by atoms with Gasteiger partial charge in [0.25, 0.3) is 0 Å². The van der Waals surface area contributed by atoms with E-state index in [2.05, 4.69) is 42.2 Å². The second-order valence-electron chi connectivity index (χ2n) is 6.08. The zero-order chi connectivity index (χ0) is 14.9. The van der Waals surface area contributed by atoms with Gasteiger partial charge in [0.1, 0.15) is 0 Å². The third-order valence-electron chi connectivity index (χ3n) is 4.31. The fourth-order valence-electron chi connectivity index (χ4n) is 3.05. The molecule has 2 nitrogen and oxygen atoms in total. The summed E-state index contributed by atoms with van der Waals surface area (Å²) < 4.78 is 0. The standard InChI is InChI=1S/C19H30N2/c1-2-7-17-8-6-9-19(16-17)18-10-14-21(15-11-18)13-5-3-4-12-20/h6,8-10,16H,2-5,7,11-15,20H2,1H3. The Kier molecular flexibility index (Phi) is 6.98. The Morgan fingerprint density at radius 1 is 1.19 bits per heavy atom. The van der Waals surface area contributed by atoms with Crippen LogP contribution in [0.4, 0.5) is 0 Å². The Morgan fingerprint density at radius 3 is 2.81 bits per heavy atom. The monoisotopic (exact) mass is 286 g/mol. The molecular formula is C19H30N2. The van der Waals surface area contributed by atoms with Crippen molar-refractivity contribution in [3.05, 3.63) is 41.5 Å². The van der Waals surface area contributed by atoms with Crippen LogP contribution in [0.25, 0.3) is 5.57 Å². The van der Waals surface area contributed by atoms with Crippen molar-refractivity contribution in [2.45, 2.75) is 45.4 Å². The fraction of sp³-hybridized carbons (Fsp3) is 0.579. The predicted octanol–water partition coefficient (Wildman–Crippen LogP) is 3.86. The summed E-state index contributed by atoms with van der Waals surface area (Å²) in [6.07, 6.45) is 9.74. The molecule has 1 heterocycles. The highest BCUT2D eigenvalue weighted by molar-refractivity contribution is 5.67. The Labute approximate surface area is 130 Å². The van der Waals surface area contributed by atoms with Crippen molar-refractivity contribution in [2.24, 2.45) is 5.73 Å². The second kappa shape index (κ2) is 9.01. The zero-order valence-corrected chi connectivity index (χ0v) is 13.5. The van der Waals surface area contributed by atoms with E-state index in [-0.39, 0.29) is 0 Å². The van der Waals surface area contributed by atoms with Gasteiger partial charge in [0.2, 0.25) is 0 Å². The molecule has 1 aliphatic heterocycles. The average Bonchev–Trinajstić information content (AvgIpc) is 2.53. The summed E-state index contributed by atoms with van der Waals surface area (Å²) in [7, 11) is 0. The summed E-state index contributed by atoms with van der Waals surface area (Å²) in [6.45, 7) is 6.61. The normalized spacial score (nSPS) is 16.0. The van der Waals surface area contributed by atoms with Crippen LogP contribution in [-0.2, 0) is 6.42 Å². The molecule has 1 aliphatic rings. The maximum absolute atomic E-state index is 5.54. The quantitative estimate of drug-likeness (QED) is 0.735. The highest BCUT2D eigenvalue weighted by atomic mass is 15.1. The van der Waals surface area contributed by atoms with E-state index in [1.54, 1.807) is 0 Å². The molecule has 1 aromatic carbocycles. The summed E-state index contributed by atoms with van der Waals surface area (Å²) >= 11 is 0. The first-order valence-corrected chi connectivity index (χ1v) is 8.54. The molecule has 0 aromatic heterocycles. The lowest BCUT2D eigenvalue weighted by molar-refractivity contribution is 0.294. The third kappa shape index (κ3) is 5.29. The van der Waals surface area contributed by atoms with Gasteiger partial charge in [-0.2, -0.15) is 0 Å². The lowest BCUT2D eigenvalue weighted by Gasteiger charge is -2.26. The summed E-state index contributed by atoms with van der Waals surface area (Å²) in [5, 5.41) is 0. The maximum Gasteiger partial charge on any atom is 0.0169 e. The molecule has 0 atom stereocenters. The predicted molar refractivity (Wildman–Crippen MR) is 92.4 cm³/mol. The van der Waals surface area contributed by atoms with E-state index in [0.29, 0.717) is 0 Å². The summed E-state index contributed by atoms with van der Waals surface area (Å²) in [5.74, 6) is 0. The number of benzene rings is 1. The molecule has 0 bridgehead atoms. The fourth-order valence-corrected chi connectivity index (χ4v) is 3.05. The number of aryl methyl sites for hydroxylation is 1. The largest absolute Gasteiger partial charge is 0.330 e. The second-order valence-corrected chi connectivity index (χ2v) is 6.08. The van der Waals surface area contributed by atoms with Crippen molar-refractivity contribution in [2.75, 3.05) is 26.2 Å². The van der Waals surface area contributed by atoms with Gasteiger partial charge in [0, 0.05) is 13.1 Å². The molecule has 2 heteroatoms. The van der Waals surface area contributed by atoms with Crippen LogP contribution in [0.3, 0.4) is 0 Å². The molecule has 0 saturated carbocycles. The van der Waals surface area contributed by atoms with Gasteiger partial charge in [-0.05, 0) is 55.5 Å². The minimum absolute atomic E-state index is 0.831. The van der Waals surface area contributed by atoms with Crippen LogP contribution in [0.5, 0.6) is 0 Å². The molecule has 0 unspecified atom stereocenters. The molecular weight excluding hydrogens is 256 g/mol. The van der Waals surface area contributed by atoms with Crippen molar-refractivity contribution in [3.8, 4) is 0 Å². The Balaban J connectivity index is 1.86. The van der Waals surface area contributed by atoms with Crippen molar-refractivity contribution >= 4 is 5.57 Å². The molecule has 0 saturated heterocycles. The molecule has 0 amide bonds. The number of nitrogens with zero attached hydrogens (tertiary/aromatic N) is 1. The van der Waals surface area contributed by atoms with Crippen molar-refractivity contribution in [1.82, 2.24) is 4.90 Å². The number of nitrogens with two attached hydrogens (primary N) is 1. The number of rotatable bonds is 8. The van der Waals surface area contributed by atoms with E-state index >= 15 is 0 Å². The van der Waals surface area contributed by atoms with Crippen LogP contribution >= 0.6 is 0 Å². The van der Waals surface area contributed by atoms with Crippen molar-refractivity contribution in [1.29, 1.82) is 0 Å². The first-order chi connectivity index (χ1) is 10.3. The Bertz CT molecular complexity index is 451. The summed E-state index contributed by atoms with van der Waals surface area (Å²) in [4.78, 5) is 2.57. The number of unbranched alkanes of at least 4 members (excludes halogenated alkanes) is 2. The van der Waals surface area contributed by atoms with E-state index in [4.69, 9.17) is 5.73 Å². The first kappa shape index (κ1) is 16.3. The van der Waals surface area contributed by atoms with Gasteiger partial charge in [-0.25, -0.2) is 0 Å². The van der Waals surface area contributed by atoms with Crippen LogP contribution in [0.15, 0.2) is 30.3 Å². The van der Waals surface area contributed by atoms with E-state index in [0.717, 1.165) is 13.1 Å². The van der Waals surface area contributed by atoms with Gasteiger partial charge in [-0.1, -0.05) is 50.1 Å². The van der Waals surface area contributed by atoms with Crippen LogP contribution < -0.4 is 5.73 Å². The van der Waals surface area contributed by atoms with Gasteiger partial charge in [-0.3, -0.25) is 4.90 Å². The highest BCUT2D eigenvalue weighted by Gasteiger charge is 2.12. The minimum atomic E-state index is 0.831. The van der Waals surface area contributed by atoms with E-state index in [1.807, 2.05) is 0 Å². The van der Waals surface area contributed by atoms with E-state index < -0.39 is 0 Å². The van der Waals surface area contributed by atoms with Gasteiger partial charge < -0.3 is 5.73 Å². The number of hydrogen-bond acceptors (Lipinski definition) is 2. The molecule has 116 valence electrons. The lowest BCUT2D eigenvalue weighted by Crippen LogP contribution is -2.29. The molecule has 1 aromatic rings. The third-order valence-corrected chi connectivity index (χ3v) is 4.31. The van der Waals surface area contributed by atoms with E-state index in [1.165, 1.54) is 68.3 Å². The lowest BCUT2D eigenvalue weighted by atomic mass is 9.96. The van der Waals surface area contributed by atoms with Gasteiger partial charge in [-0.15, -0.1) is 0 Å². The maximum atomic E-state index is 5.54. The first-order valence-electron chi connectivity index (χ1n) is 8.54. The van der Waals surface area contributed by atoms with Gasteiger partial charge >= 0.3 is 0 Å². The van der Waals surface area contributed by atoms with Gasteiger partial charge in [0.05, 0.1) is 0 Å². The smallest absolute Gasteiger partial charge is 0.0169 e. The summed E-state index contributed by atoms with van der Waals surface area (Å²) in [6, 6.07) is 9.11. The average molecular weight is 286 g/mol. The van der Waals surface area contributed by atoms with Crippen LogP contribution in [0.1, 0.15) is 50.2 Å². The SMILES string of the molecule is CCCc1cccc(C2=CCN(CCCCCN)CC2)c1. The molecule has 2 rings (SSSR count). The minimum Gasteiger partial charge on any atom is -0.330 e. The molecule has 2 N–H and O–H groups in total. The summed E-state index contributed by atoms with van der Waals surface area (Å²) in [5.41, 5.74) is 9.98. The van der Waals surface area contributed by atoms with E-state index in [9.17, 15) is 0 Å². The molecule has 0 radical (unpaired) electrons. The number of hydrogen-bond donors (Lipinski definition) is 1. The Hall–Kier alpha value is -1.12. The Morgan fingerprint density at radius 2 is 2.10 bits per heavy atom. The molecule has 0 fully saturated rings. The molecule has 0 aliphatic carbocycles. The van der Waals surface area contributed by atoms with Crippen molar-refractivity contribution in [3.63, 3.8) is 0 Å². The molecule has 21 heavy (non-hydrogen) atoms. The van der Waals surface area contributed by atoms with Crippen LogP contribution in [-0.4, -0.2) is 31.1 Å². The van der Waals surface area contributed by atoms with Gasteiger partial charge in [0.15, 0.2) is 0 Å². The topological polar surface area (TPSA) is 29.3 Å². The van der Waals surface area contributed by atoms with Crippen LogP contribution in [0, 0.1) is 0 Å².